The van der Waals surface area contributed by atoms with Crippen LogP contribution in [0.1, 0.15) is 21.9 Å². The number of rotatable bonds is 7. The highest BCUT2D eigenvalue weighted by Gasteiger charge is 2.41. The van der Waals surface area contributed by atoms with Crippen molar-refractivity contribution < 1.29 is 15.3 Å². The third kappa shape index (κ3) is 4.51. The average molecular weight is 498 g/mol. The molecule has 5 rings (SSSR count). The molecule has 0 saturated heterocycles. The molecule has 1 aromatic carbocycles. The van der Waals surface area contributed by atoms with Gasteiger partial charge in [0, 0.05) is 22.3 Å². The number of benzene rings is 1. The summed E-state index contributed by atoms with van der Waals surface area (Å²) >= 11 is 3.28. The Hall–Kier alpha value is -2.63. The maximum absolute atomic E-state index is 10.6. The van der Waals surface area contributed by atoms with E-state index in [4.69, 9.17) is 15.0 Å². The van der Waals surface area contributed by atoms with E-state index in [0.717, 1.165) is 26.5 Å². The molecule has 8 nitrogen and oxygen atoms in total. The van der Waals surface area contributed by atoms with Crippen LogP contribution in [0.3, 0.4) is 0 Å². The van der Waals surface area contributed by atoms with E-state index in [1.165, 1.54) is 9.75 Å². The lowest BCUT2D eigenvalue weighted by Crippen LogP contribution is -2.35. The fourth-order valence-electron chi connectivity index (χ4n) is 4.36. The number of thiophene rings is 1. The van der Waals surface area contributed by atoms with Crippen LogP contribution < -0.4 is 10.6 Å². The molecule has 1 aliphatic carbocycles. The molecule has 0 spiro atoms. The minimum atomic E-state index is -1.01. The molecule has 0 bridgehead atoms. The number of aliphatic hydroxyl groups excluding tert-OH is 3. The highest BCUT2D eigenvalue weighted by molar-refractivity contribution is 7.21. The zero-order valence-electron chi connectivity index (χ0n) is 18.9. The van der Waals surface area contributed by atoms with Gasteiger partial charge in [0.25, 0.3) is 0 Å². The van der Waals surface area contributed by atoms with Crippen LogP contribution in [-0.4, -0.2) is 55.1 Å². The first-order valence-corrected chi connectivity index (χ1v) is 12.8. The largest absolute Gasteiger partial charge is 0.396 e. The number of hydrogen-bond donors (Lipinski definition) is 5. The number of aromatic nitrogens is 3. The third-order valence-corrected chi connectivity index (χ3v) is 8.23. The van der Waals surface area contributed by atoms with Crippen LogP contribution >= 0.6 is 22.7 Å². The number of anilines is 2. The summed E-state index contributed by atoms with van der Waals surface area (Å²) in [6.45, 7) is 4.42. The van der Waals surface area contributed by atoms with Gasteiger partial charge in [0.15, 0.2) is 0 Å². The number of hydrogen-bond acceptors (Lipinski definition) is 10. The number of fused-ring (bicyclic) bond motifs is 1. The second kappa shape index (κ2) is 9.55. The SMILES string of the molecule is Cc1ccc(CNc2nc(C)c(-c3nc4ccccc4s3)c(N[C@@H]3C[C@H](CO)[C@@H](O)[C@H]3O)n2)s1. The summed E-state index contributed by atoms with van der Waals surface area (Å²) in [6.07, 6.45) is -1.57. The van der Waals surface area contributed by atoms with E-state index in [2.05, 4.69) is 29.7 Å². The molecule has 0 amide bonds. The van der Waals surface area contributed by atoms with E-state index in [1.54, 1.807) is 22.7 Å². The minimum absolute atomic E-state index is 0.184. The normalized spacial score (nSPS) is 22.4. The summed E-state index contributed by atoms with van der Waals surface area (Å²) in [7, 11) is 0. The lowest BCUT2D eigenvalue weighted by molar-refractivity contribution is 0.00446. The van der Waals surface area contributed by atoms with Crippen LogP contribution in [0.4, 0.5) is 11.8 Å². The number of aryl methyl sites for hydroxylation is 2. The lowest BCUT2D eigenvalue weighted by atomic mass is 10.1. The summed E-state index contributed by atoms with van der Waals surface area (Å²) in [5.74, 6) is 0.634. The van der Waals surface area contributed by atoms with Gasteiger partial charge in [0.1, 0.15) is 16.9 Å². The molecular weight excluding hydrogens is 470 g/mol. The predicted octanol–water partition coefficient (Wildman–Crippen LogP) is 3.56. The molecule has 1 aliphatic rings. The second-order valence-corrected chi connectivity index (χ2v) is 11.0. The van der Waals surface area contributed by atoms with E-state index >= 15 is 0 Å². The molecular formula is C24H27N5O3S2. The van der Waals surface area contributed by atoms with Gasteiger partial charge in [-0.05, 0) is 44.5 Å². The van der Waals surface area contributed by atoms with Crippen molar-refractivity contribution in [1.82, 2.24) is 15.0 Å². The minimum Gasteiger partial charge on any atom is -0.396 e. The number of thiazole rings is 1. The molecule has 1 saturated carbocycles. The molecule has 34 heavy (non-hydrogen) atoms. The van der Waals surface area contributed by atoms with Gasteiger partial charge in [-0.1, -0.05) is 12.1 Å². The standard InChI is InChI=1S/C24H27N5O3S2/c1-12-7-8-15(33-12)10-25-24-26-13(2)19(23-28-16-5-3-4-6-18(16)34-23)22(29-24)27-17-9-14(11-30)20(31)21(17)32/h3-8,14,17,20-21,30-32H,9-11H2,1-2H3,(H2,25,26,27,29)/t14-,17-,20-,21+/m1/s1. The first-order chi connectivity index (χ1) is 16.4. The van der Waals surface area contributed by atoms with Gasteiger partial charge in [-0.25, -0.2) is 9.97 Å². The summed E-state index contributed by atoms with van der Waals surface area (Å²) < 4.78 is 1.06. The summed E-state index contributed by atoms with van der Waals surface area (Å²) in [5, 5.41) is 37.9. The summed E-state index contributed by atoms with van der Waals surface area (Å²) in [4.78, 5) is 16.7. The molecule has 3 aromatic heterocycles. The van der Waals surface area contributed by atoms with E-state index in [-0.39, 0.29) is 12.5 Å². The molecule has 5 N–H and O–H groups in total. The Morgan fingerprint density at radius 1 is 1.00 bits per heavy atom. The van der Waals surface area contributed by atoms with Crippen LogP contribution in [-0.2, 0) is 6.54 Å². The fraction of sp³-hybridized carbons (Fsp3) is 0.375. The van der Waals surface area contributed by atoms with E-state index in [1.807, 2.05) is 31.2 Å². The molecule has 4 aromatic rings. The Morgan fingerprint density at radius 2 is 1.82 bits per heavy atom. The number of para-hydroxylation sites is 1. The van der Waals surface area contributed by atoms with Gasteiger partial charge in [0.05, 0.1) is 40.2 Å². The van der Waals surface area contributed by atoms with E-state index in [9.17, 15) is 15.3 Å². The zero-order chi connectivity index (χ0) is 23.8. The van der Waals surface area contributed by atoms with Crippen LogP contribution in [0.15, 0.2) is 36.4 Å². The highest BCUT2D eigenvalue weighted by Crippen LogP contribution is 2.38. The van der Waals surface area contributed by atoms with E-state index < -0.39 is 18.2 Å². The van der Waals surface area contributed by atoms with E-state index in [0.29, 0.717) is 24.7 Å². The van der Waals surface area contributed by atoms with Gasteiger partial charge < -0.3 is 26.0 Å². The monoisotopic (exact) mass is 497 g/mol. The molecule has 178 valence electrons. The third-order valence-electron chi connectivity index (χ3n) is 6.17. The van der Waals surface area contributed by atoms with Crippen molar-refractivity contribution in [3.8, 4) is 10.6 Å². The molecule has 10 heteroatoms. The van der Waals surface area contributed by atoms with Crippen molar-refractivity contribution in [1.29, 1.82) is 0 Å². The fourth-order valence-corrected chi connectivity index (χ4v) is 6.26. The maximum atomic E-state index is 10.6. The number of nitrogens with one attached hydrogen (secondary N) is 2. The second-order valence-electron chi connectivity index (χ2n) is 8.62. The van der Waals surface area contributed by atoms with Gasteiger partial charge in [-0.2, -0.15) is 4.98 Å². The molecule has 0 unspecified atom stereocenters. The summed E-state index contributed by atoms with van der Waals surface area (Å²) in [5.41, 5.74) is 2.43. The van der Waals surface area contributed by atoms with Crippen molar-refractivity contribution in [2.75, 3.05) is 17.2 Å². The van der Waals surface area contributed by atoms with Crippen LogP contribution in [0, 0.1) is 19.8 Å². The Kier molecular flexibility index (Phi) is 6.50. The molecule has 1 fully saturated rings. The highest BCUT2D eigenvalue weighted by atomic mass is 32.1. The first kappa shape index (κ1) is 23.1. The van der Waals surface area contributed by atoms with Crippen molar-refractivity contribution >= 4 is 44.7 Å². The van der Waals surface area contributed by atoms with Crippen LogP contribution in [0.5, 0.6) is 0 Å². The van der Waals surface area contributed by atoms with Crippen molar-refractivity contribution in [2.24, 2.45) is 5.92 Å². The number of nitrogens with zero attached hydrogens (tertiary/aromatic N) is 3. The summed E-state index contributed by atoms with van der Waals surface area (Å²) in [6, 6.07) is 11.7. The van der Waals surface area contributed by atoms with Crippen LogP contribution in [0.2, 0.25) is 0 Å². The Balaban J connectivity index is 1.51. The van der Waals surface area contributed by atoms with Crippen LogP contribution in [0.25, 0.3) is 20.8 Å². The molecule has 0 aliphatic heterocycles. The molecule has 3 heterocycles. The smallest absolute Gasteiger partial charge is 0.225 e. The molecule has 4 atom stereocenters. The quantitative estimate of drug-likeness (QED) is 0.263. The Morgan fingerprint density at radius 3 is 2.53 bits per heavy atom. The average Bonchev–Trinajstić information content (AvgIpc) is 3.51. The van der Waals surface area contributed by atoms with Crippen molar-refractivity contribution in [3.05, 3.63) is 51.8 Å². The van der Waals surface area contributed by atoms with Gasteiger partial charge >= 0.3 is 0 Å². The Labute approximate surface area is 205 Å². The predicted molar refractivity (Wildman–Crippen MR) is 136 cm³/mol. The van der Waals surface area contributed by atoms with Gasteiger partial charge in [-0.15, -0.1) is 22.7 Å². The van der Waals surface area contributed by atoms with Crippen molar-refractivity contribution in [3.63, 3.8) is 0 Å². The first-order valence-electron chi connectivity index (χ1n) is 11.2. The zero-order valence-corrected chi connectivity index (χ0v) is 20.5. The van der Waals surface area contributed by atoms with Gasteiger partial charge in [-0.3, -0.25) is 0 Å². The van der Waals surface area contributed by atoms with Gasteiger partial charge in [0.2, 0.25) is 5.95 Å². The van der Waals surface area contributed by atoms with Crippen molar-refractivity contribution in [2.45, 2.75) is 45.1 Å². The topological polar surface area (TPSA) is 123 Å². The Bertz CT molecular complexity index is 1270. The number of aliphatic hydroxyl groups is 3. The molecule has 0 radical (unpaired) electrons. The lowest BCUT2D eigenvalue weighted by Gasteiger charge is -2.21. The maximum Gasteiger partial charge on any atom is 0.225 e.